The largest absolute Gasteiger partial charge is 0.472 e. The van der Waals surface area contributed by atoms with Crippen molar-refractivity contribution in [2.24, 2.45) is 0 Å². The van der Waals surface area contributed by atoms with E-state index in [-0.39, 0.29) is 18.1 Å². The van der Waals surface area contributed by atoms with Gasteiger partial charge in [0, 0.05) is 32.0 Å². The van der Waals surface area contributed by atoms with Crippen LogP contribution in [0.15, 0.2) is 31.2 Å². The highest BCUT2D eigenvalue weighted by atomic mass is 35.5. The molecule has 2 saturated heterocycles. The number of hydrogen-bond donors (Lipinski definition) is 2. The second kappa shape index (κ2) is 8.20. The first-order valence-electron chi connectivity index (χ1n) is 10.1. The van der Waals surface area contributed by atoms with Gasteiger partial charge in [0.1, 0.15) is 11.8 Å². The highest BCUT2D eigenvalue weighted by Gasteiger charge is 2.28. The molecule has 2 fully saturated rings. The number of nitrogens with zero attached hydrogens (tertiary/aromatic N) is 5. The van der Waals surface area contributed by atoms with Crippen LogP contribution in [0, 0.1) is 0 Å². The summed E-state index contributed by atoms with van der Waals surface area (Å²) in [5.74, 6) is 0.624. The zero-order valence-corrected chi connectivity index (χ0v) is 17.5. The summed E-state index contributed by atoms with van der Waals surface area (Å²) in [5, 5.41) is 8.68. The highest BCUT2D eigenvalue weighted by Crippen LogP contribution is 2.33. The van der Waals surface area contributed by atoms with Crippen molar-refractivity contribution in [3.8, 4) is 5.88 Å². The van der Waals surface area contributed by atoms with Crippen molar-refractivity contribution in [2.45, 2.75) is 25.0 Å². The molecule has 11 heteroatoms. The van der Waals surface area contributed by atoms with Crippen molar-refractivity contribution in [3.63, 3.8) is 0 Å². The lowest BCUT2D eigenvalue weighted by Gasteiger charge is -2.16. The summed E-state index contributed by atoms with van der Waals surface area (Å²) in [6.07, 6.45) is 8.05. The maximum absolute atomic E-state index is 11.9. The van der Waals surface area contributed by atoms with Crippen LogP contribution in [0.25, 0.3) is 11.0 Å². The van der Waals surface area contributed by atoms with E-state index in [0.717, 1.165) is 18.7 Å². The van der Waals surface area contributed by atoms with Gasteiger partial charge in [-0.15, -0.1) is 0 Å². The molecule has 2 atom stereocenters. The summed E-state index contributed by atoms with van der Waals surface area (Å²) in [7, 11) is 0. The van der Waals surface area contributed by atoms with Gasteiger partial charge in [-0.2, -0.15) is 15.1 Å². The van der Waals surface area contributed by atoms with Gasteiger partial charge in [-0.05, 0) is 12.5 Å². The SMILES string of the molecule is C=CC(=O)N1CC[C@@H](Oc2nc(Nc3cnn([C@H]4CCOC4)c3)nc3[nH]cc(Cl)c23)C1. The number of ether oxygens (including phenoxy) is 2. The van der Waals surface area contributed by atoms with Gasteiger partial charge in [0.25, 0.3) is 0 Å². The number of hydrogen-bond acceptors (Lipinski definition) is 7. The van der Waals surface area contributed by atoms with E-state index < -0.39 is 0 Å². The van der Waals surface area contributed by atoms with E-state index in [1.807, 2.05) is 10.9 Å². The fourth-order valence-corrected chi connectivity index (χ4v) is 4.10. The Morgan fingerprint density at radius 2 is 2.32 bits per heavy atom. The molecule has 2 aliphatic heterocycles. The van der Waals surface area contributed by atoms with Gasteiger partial charge in [0.05, 0.1) is 41.5 Å². The van der Waals surface area contributed by atoms with Crippen LogP contribution >= 0.6 is 11.6 Å². The molecule has 0 bridgehead atoms. The standard InChI is InChI=1S/C20H22ClN7O3/c1-2-16(29)27-5-3-14(10-27)31-19-17-15(21)8-22-18(17)25-20(26-19)24-12-7-23-28(9-12)13-4-6-30-11-13/h2,7-9,13-14H,1,3-6,10-11H2,(H2,22,24,25,26)/t13-,14+/m0/s1. The molecule has 2 N–H and O–H groups in total. The summed E-state index contributed by atoms with van der Waals surface area (Å²) in [6, 6.07) is 0.239. The molecule has 1 amide bonds. The van der Waals surface area contributed by atoms with Crippen LogP contribution in [0.1, 0.15) is 18.9 Å². The van der Waals surface area contributed by atoms with Crippen LogP contribution in [0.4, 0.5) is 11.6 Å². The molecular weight excluding hydrogens is 422 g/mol. The van der Waals surface area contributed by atoms with Gasteiger partial charge >= 0.3 is 0 Å². The Morgan fingerprint density at radius 1 is 1.42 bits per heavy atom. The van der Waals surface area contributed by atoms with E-state index in [4.69, 9.17) is 21.1 Å². The topological polar surface area (TPSA) is 110 Å². The van der Waals surface area contributed by atoms with Crippen LogP contribution in [-0.4, -0.2) is 67.9 Å². The van der Waals surface area contributed by atoms with Crippen LogP contribution in [0.5, 0.6) is 5.88 Å². The van der Waals surface area contributed by atoms with E-state index in [1.165, 1.54) is 6.08 Å². The fourth-order valence-electron chi connectivity index (χ4n) is 3.88. The van der Waals surface area contributed by atoms with Crippen molar-refractivity contribution in [3.05, 3.63) is 36.3 Å². The quantitative estimate of drug-likeness (QED) is 0.563. The Balaban J connectivity index is 1.38. The first kappa shape index (κ1) is 19.8. The Kier molecular flexibility index (Phi) is 5.24. The molecule has 0 spiro atoms. The molecule has 5 rings (SSSR count). The third kappa shape index (κ3) is 3.96. The molecule has 0 saturated carbocycles. The van der Waals surface area contributed by atoms with Crippen LogP contribution in [0.3, 0.4) is 0 Å². The van der Waals surface area contributed by atoms with Crippen molar-refractivity contribution < 1.29 is 14.3 Å². The number of amides is 1. The van der Waals surface area contributed by atoms with Crippen molar-refractivity contribution >= 4 is 40.2 Å². The highest BCUT2D eigenvalue weighted by molar-refractivity contribution is 6.35. The van der Waals surface area contributed by atoms with Gasteiger partial charge in [-0.1, -0.05) is 18.2 Å². The molecule has 10 nitrogen and oxygen atoms in total. The number of aromatic amines is 1. The number of likely N-dealkylation sites (tertiary alicyclic amines) is 1. The van der Waals surface area contributed by atoms with Gasteiger partial charge in [0.2, 0.25) is 17.7 Å². The number of rotatable bonds is 6. The maximum Gasteiger partial charge on any atom is 0.246 e. The lowest BCUT2D eigenvalue weighted by molar-refractivity contribution is -0.125. The summed E-state index contributed by atoms with van der Waals surface area (Å²) in [4.78, 5) is 25.7. The predicted octanol–water partition coefficient (Wildman–Crippen LogP) is 2.68. The number of carbonyl (C=O) groups excluding carboxylic acids is 1. The Hall–Kier alpha value is -3.11. The van der Waals surface area contributed by atoms with Gasteiger partial charge in [-0.3, -0.25) is 9.48 Å². The smallest absolute Gasteiger partial charge is 0.246 e. The average molecular weight is 444 g/mol. The van der Waals surface area contributed by atoms with Crippen LogP contribution in [-0.2, 0) is 9.53 Å². The fraction of sp³-hybridized carbons (Fsp3) is 0.400. The van der Waals surface area contributed by atoms with Crippen LogP contribution in [0.2, 0.25) is 5.02 Å². The lowest BCUT2D eigenvalue weighted by Crippen LogP contribution is -2.29. The second-order valence-corrected chi connectivity index (χ2v) is 7.99. The third-order valence-corrected chi connectivity index (χ3v) is 5.80. The van der Waals surface area contributed by atoms with Crippen molar-refractivity contribution in [1.82, 2.24) is 29.6 Å². The van der Waals surface area contributed by atoms with Crippen LogP contribution < -0.4 is 10.1 Å². The zero-order valence-electron chi connectivity index (χ0n) is 16.8. The number of fused-ring (bicyclic) bond motifs is 1. The molecule has 5 heterocycles. The Bertz CT molecular complexity index is 1120. The predicted molar refractivity (Wildman–Crippen MR) is 115 cm³/mol. The van der Waals surface area contributed by atoms with Gasteiger partial charge in [-0.25, -0.2) is 0 Å². The average Bonchev–Trinajstić information content (AvgIpc) is 3.55. The Labute approximate surface area is 183 Å². The molecule has 31 heavy (non-hydrogen) atoms. The molecule has 0 aliphatic carbocycles. The van der Waals surface area contributed by atoms with E-state index in [0.29, 0.717) is 54.0 Å². The number of halogens is 1. The minimum absolute atomic E-state index is 0.106. The summed E-state index contributed by atoms with van der Waals surface area (Å²) in [5.41, 5.74) is 1.32. The number of H-pyrrole nitrogens is 1. The summed E-state index contributed by atoms with van der Waals surface area (Å²) < 4.78 is 13.5. The summed E-state index contributed by atoms with van der Waals surface area (Å²) >= 11 is 6.34. The summed E-state index contributed by atoms with van der Waals surface area (Å²) in [6.45, 7) is 6.03. The van der Waals surface area contributed by atoms with Gasteiger partial charge in [0.15, 0.2) is 0 Å². The van der Waals surface area contributed by atoms with Crippen molar-refractivity contribution in [2.75, 3.05) is 31.6 Å². The Morgan fingerprint density at radius 3 is 3.13 bits per heavy atom. The number of nitrogens with one attached hydrogen (secondary N) is 2. The molecule has 2 aliphatic rings. The molecule has 0 radical (unpaired) electrons. The van der Waals surface area contributed by atoms with Gasteiger partial charge < -0.3 is 24.7 Å². The third-order valence-electron chi connectivity index (χ3n) is 5.50. The first-order valence-corrected chi connectivity index (χ1v) is 10.5. The van der Waals surface area contributed by atoms with E-state index >= 15 is 0 Å². The number of anilines is 2. The molecule has 3 aromatic rings. The van der Waals surface area contributed by atoms with E-state index in [1.54, 1.807) is 17.3 Å². The lowest BCUT2D eigenvalue weighted by atomic mass is 10.3. The normalized spacial score (nSPS) is 21.0. The monoisotopic (exact) mass is 443 g/mol. The second-order valence-electron chi connectivity index (χ2n) is 7.58. The van der Waals surface area contributed by atoms with E-state index in [9.17, 15) is 4.79 Å². The zero-order chi connectivity index (χ0) is 21.4. The number of aromatic nitrogens is 5. The van der Waals surface area contributed by atoms with E-state index in [2.05, 4.69) is 31.9 Å². The van der Waals surface area contributed by atoms with Crippen molar-refractivity contribution in [1.29, 1.82) is 0 Å². The minimum Gasteiger partial charge on any atom is -0.472 e. The minimum atomic E-state index is -0.189. The number of carbonyl (C=O) groups is 1. The molecule has 3 aromatic heterocycles. The maximum atomic E-state index is 11.9. The molecule has 0 unspecified atom stereocenters. The molecule has 0 aromatic carbocycles. The first-order chi connectivity index (χ1) is 15.1. The molecular formula is C20H22ClN7O3. The molecule has 162 valence electrons.